The van der Waals surface area contributed by atoms with Crippen molar-refractivity contribution < 1.29 is 0 Å². The third-order valence-electron chi connectivity index (χ3n) is 3.73. The molecule has 1 aromatic heterocycles. The minimum atomic E-state index is 0.439. The number of aromatic nitrogens is 2. The van der Waals surface area contributed by atoms with Gasteiger partial charge in [-0.3, -0.25) is 0 Å². The van der Waals surface area contributed by atoms with Gasteiger partial charge in [0.1, 0.15) is 10.5 Å². The van der Waals surface area contributed by atoms with Gasteiger partial charge >= 0.3 is 0 Å². The smallest absolute Gasteiger partial charge is 0.144 e. The standard InChI is InChI=1S/C14H21BrN2S/c1-9(2)12-11(15)14(18)17-13(16-12)10-7-5-3-4-6-8-10/h9-10H,3-8H2,1-2H3,(H,16,17,18). The molecule has 1 aliphatic carbocycles. The third kappa shape index (κ3) is 3.21. The summed E-state index contributed by atoms with van der Waals surface area (Å²) in [5, 5.41) is 0. The van der Waals surface area contributed by atoms with Crippen molar-refractivity contribution in [3.8, 4) is 0 Å². The fraction of sp³-hybridized carbons (Fsp3) is 0.714. The highest BCUT2D eigenvalue weighted by atomic mass is 79.9. The highest BCUT2D eigenvalue weighted by molar-refractivity contribution is 9.10. The Balaban J connectivity index is 2.35. The molecule has 1 saturated carbocycles. The molecule has 0 atom stereocenters. The number of nitrogens with zero attached hydrogens (tertiary/aromatic N) is 1. The van der Waals surface area contributed by atoms with Crippen LogP contribution in [0.15, 0.2) is 4.47 Å². The Bertz CT molecular complexity index is 459. The Labute approximate surface area is 123 Å². The Morgan fingerprint density at radius 2 is 1.83 bits per heavy atom. The molecule has 0 amide bonds. The quantitative estimate of drug-likeness (QED) is 0.576. The molecular weight excluding hydrogens is 308 g/mol. The third-order valence-corrected chi connectivity index (χ3v) is 5.09. The first-order chi connectivity index (χ1) is 8.59. The molecule has 100 valence electrons. The van der Waals surface area contributed by atoms with E-state index in [1.54, 1.807) is 0 Å². The van der Waals surface area contributed by atoms with Gasteiger partial charge in [0.2, 0.25) is 0 Å². The molecule has 1 N–H and O–H groups in total. The average Bonchev–Trinajstić information content (AvgIpc) is 2.60. The number of H-pyrrole nitrogens is 1. The van der Waals surface area contributed by atoms with E-state index in [0.717, 1.165) is 10.3 Å². The summed E-state index contributed by atoms with van der Waals surface area (Å²) in [5.41, 5.74) is 1.19. The Hall–Kier alpha value is -0.220. The minimum Gasteiger partial charge on any atom is -0.346 e. The Morgan fingerprint density at radius 1 is 1.22 bits per heavy atom. The van der Waals surface area contributed by atoms with E-state index in [9.17, 15) is 0 Å². The zero-order chi connectivity index (χ0) is 13.1. The maximum absolute atomic E-state index is 5.37. The van der Waals surface area contributed by atoms with Crippen LogP contribution in [0, 0.1) is 4.64 Å². The average molecular weight is 329 g/mol. The number of halogens is 1. The van der Waals surface area contributed by atoms with E-state index in [0.29, 0.717) is 16.5 Å². The second kappa shape index (κ2) is 6.29. The highest BCUT2D eigenvalue weighted by Crippen LogP contribution is 2.32. The largest absolute Gasteiger partial charge is 0.346 e. The van der Waals surface area contributed by atoms with E-state index < -0.39 is 0 Å². The first-order valence-electron chi connectivity index (χ1n) is 6.89. The Kier molecular flexibility index (Phi) is 4.96. The summed E-state index contributed by atoms with van der Waals surface area (Å²) >= 11 is 8.93. The lowest BCUT2D eigenvalue weighted by molar-refractivity contribution is 0.553. The summed E-state index contributed by atoms with van der Waals surface area (Å²) < 4.78 is 1.67. The van der Waals surface area contributed by atoms with Crippen LogP contribution in [0.3, 0.4) is 0 Å². The molecule has 0 bridgehead atoms. The summed E-state index contributed by atoms with van der Waals surface area (Å²) in [6.07, 6.45) is 7.87. The first kappa shape index (κ1) is 14.2. The zero-order valence-corrected chi connectivity index (χ0v) is 13.5. The maximum atomic E-state index is 5.37. The van der Waals surface area contributed by atoms with Crippen molar-refractivity contribution in [1.29, 1.82) is 0 Å². The van der Waals surface area contributed by atoms with Gasteiger partial charge in [-0.2, -0.15) is 0 Å². The fourth-order valence-corrected chi connectivity index (χ4v) is 3.49. The lowest BCUT2D eigenvalue weighted by Crippen LogP contribution is -2.08. The number of rotatable bonds is 2. The monoisotopic (exact) mass is 328 g/mol. The molecule has 2 rings (SSSR count). The van der Waals surface area contributed by atoms with Crippen LogP contribution in [-0.4, -0.2) is 9.97 Å². The molecule has 4 heteroatoms. The van der Waals surface area contributed by atoms with E-state index in [1.165, 1.54) is 44.2 Å². The van der Waals surface area contributed by atoms with Gasteiger partial charge < -0.3 is 4.98 Å². The van der Waals surface area contributed by atoms with Crippen molar-refractivity contribution in [2.24, 2.45) is 0 Å². The highest BCUT2D eigenvalue weighted by Gasteiger charge is 2.18. The summed E-state index contributed by atoms with van der Waals surface area (Å²) in [6, 6.07) is 0. The summed E-state index contributed by atoms with van der Waals surface area (Å²) in [5.74, 6) is 2.11. The van der Waals surface area contributed by atoms with Crippen LogP contribution < -0.4 is 0 Å². The number of aromatic amines is 1. The van der Waals surface area contributed by atoms with Crippen LogP contribution in [0.1, 0.15) is 75.7 Å². The summed E-state index contributed by atoms with van der Waals surface area (Å²) in [7, 11) is 0. The lowest BCUT2D eigenvalue weighted by Gasteiger charge is -2.17. The predicted molar refractivity (Wildman–Crippen MR) is 81.7 cm³/mol. The maximum Gasteiger partial charge on any atom is 0.144 e. The van der Waals surface area contributed by atoms with Gasteiger partial charge in [-0.25, -0.2) is 4.98 Å². The SMILES string of the molecule is CC(C)c1[nH]c(C2CCCCCC2)nc(=S)c1Br. The van der Waals surface area contributed by atoms with Gasteiger partial charge in [0.25, 0.3) is 0 Å². The molecule has 0 aliphatic heterocycles. The van der Waals surface area contributed by atoms with Crippen LogP contribution in [0.4, 0.5) is 0 Å². The Morgan fingerprint density at radius 3 is 2.39 bits per heavy atom. The molecule has 18 heavy (non-hydrogen) atoms. The molecule has 0 radical (unpaired) electrons. The molecule has 0 spiro atoms. The van der Waals surface area contributed by atoms with Crippen molar-refractivity contribution in [2.45, 2.75) is 64.2 Å². The van der Waals surface area contributed by atoms with Crippen molar-refractivity contribution in [1.82, 2.24) is 9.97 Å². The molecule has 0 unspecified atom stereocenters. The van der Waals surface area contributed by atoms with Gasteiger partial charge in [-0.1, -0.05) is 51.7 Å². The van der Waals surface area contributed by atoms with Crippen LogP contribution in [0.5, 0.6) is 0 Å². The van der Waals surface area contributed by atoms with Crippen molar-refractivity contribution in [3.05, 3.63) is 20.6 Å². The van der Waals surface area contributed by atoms with Gasteiger partial charge in [0.05, 0.1) is 4.47 Å². The molecule has 1 fully saturated rings. The van der Waals surface area contributed by atoms with Gasteiger partial charge in [0, 0.05) is 11.6 Å². The van der Waals surface area contributed by atoms with Gasteiger partial charge in [-0.15, -0.1) is 0 Å². The van der Waals surface area contributed by atoms with Crippen molar-refractivity contribution in [2.75, 3.05) is 0 Å². The van der Waals surface area contributed by atoms with Gasteiger partial charge in [-0.05, 0) is 34.7 Å². The van der Waals surface area contributed by atoms with E-state index >= 15 is 0 Å². The molecule has 1 aromatic rings. The number of hydrogen-bond acceptors (Lipinski definition) is 2. The second-order valence-corrected chi connectivity index (χ2v) is 6.68. The van der Waals surface area contributed by atoms with E-state index in [1.807, 2.05) is 0 Å². The topological polar surface area (TPSA) is 28.7 Å². The van der Waals surface area contributed by atoms with Crippen LogP contribution in [0.25, 0.3) is 0 Å². The van der Waals surface area contributed by atoms with Crippen LogP contribution in [-0.2, 0) is 0 Å². The molecular formula is C14H21BrN2S. The number of hydrogen-bond donors (Lipinski definition) is 1. The summed E-state index contributed by atoms with van der Waals surface area (Å²) in [4.78, 5) is 8.12. The van der Waals surface area contributed by atoms with Crippen molar-refractivity contribution >= 4 is 28.1 Å². The lowest BCUT2D eigenvalue weighted by atomic mass is 9.99. The van der Waals surface area contributed by atoms with Crippen molar-refractivity contribution in [3.63, 3.8) is 0 Å². The fourth-order valence-electron chi connectivity index (χ4n) is 2.64. The predicted octanol–water partition coefficient (Wildman–Crippen LogP) is 5.46. The molecule has 0 saturated heterocycles. The number of nitrogens with one attached hydrogen (secondary N) is 1. The first-order valence-corrected chi connectivity index (χ1v) is 8.09. The molecule has 1 aliphatic rings. The van der Waals surface area contributed by atoms with Crippen LogP contribution in [0.2, 0.25) is 0 Å². The normalized spacial score (nSPS) is 18.0. The minimum absolute atomic E-state index is 0.439. The summed E-state index contributed by atoms with van der Waals surface area (Å²) in [6.45, 7) is 4.37. The second-order valence-electron chi connectivity index (χ2n) is 5.50. The van der Waals surface area contributed by atoms with E-state index in [4.69, 9.17) is 12.2 Å². The molecule has 1 heterocycles. The van der Waals surface area contributed by atoms with E-state index in [2.05, 4.69) is 39.7 Å². The zero-order valence-electron chi connectivity index (χ0n) is 11.1. The van der Waals surface area contributed by atoms with Crippen LogP contribution >= 0.6 is 28.1 Å². The molecule has 0 aromatic carbocycles. The van der Waals surface area contributed by atoms with Gasteiger partial charge in [0.15, 0.2) is 0 Å². The molecule has 2 nitrogen and oxygen atoms in total. The van der Waals surface area contributed by atoms with E-state index in [-0.39, 0.29) is 0 Å².